The molecule has 1 saturated heterocycles. The second kappa shape index (κ2) is 6.80. The molecule has 0 aliphatic carbocycles. The third-order valence-corrected chi connectivity index (χ3v) is 5.39. The molecule has 2 aliphatic rings. The minimum atomic E-state index is -4.65. The number of nitrogens with one attached hydrogen (secondary N) is 1. The third kappa shape index (κ3) is 3.30. The van der Waals surface area contributed by atoms with Gasteiger partial charge in [-0.15, -0.1) is 0 Å². The van der Waals surface area contributed by atoms with Crippen molar-refractivity contribution < 1.29 is 27.4 Å². The van der Waals surface area contributed by atoms with E-state index in [0.717, 1.165) is 11.6 Å². The monoisotopic (exact) mass is 381 g/mol. The summed E-state index contributed by atoms with van der Waals surface area (Å²) in [5.41, 5.74) is 0.0880. The van der Waals surface area contributed by atoms with Crippen LogP contribution in [0.4, 0.5) is 23.2 Å². The van der Waals surface area contributed by atoms with Gasteiger partial charge in [-0.1, -0.05) is 30.3 Å². The highest BCUT2D eigenvalue weighted by molar-refractivity contribution is 5.59. The maximum atomic E-state index is 14.6. The van der Waals surface area contributed by atoms with Crippen LogP contribution >= 0.6 is 0 Å². The minimum absolute atomic E-state index is 0.0386. The first-order valence-electron chi connectivity index (χ1n) is 8.87. The van der Waals surface area contributed by atoms with Crippen molar-refractivity contribution in [2.45, 2.75) is 37.3 Å². The van der Waals surface area contributed by atoms with Crippen LogP contribution < -0.4 is 5.32 Å². The zero-order valence-electron chi connectivity index (χ0n) is 14.3. The van der Waals surface area contributed by atoms with Gasteiger partial charge < -0.3 is 15.2 Å². The predicted molar refractivity (Wildman–Crippen MR) is 91.6 cm³/mol. The van der Waals surface area contributed by atoms with E-state index in [4.69, 9.17) is 4.74 Å². The van der Waals surface area contributed by atoms with E-state index in [2.05, 4.69) is 5.32 Å². The van der Waals surface area contributed by atoms with Crippen LogP contribution in [0.1, 0.15) is 41.7 Å². The van der Waals surface area contributed by atoms with Crippen LogP contribution in [-0.2, 0) is 10.9 Å². The van der Waals surface area contributed by atoms with Crippen molar-refractivity contribution in [2.24, 2.45) is 5.92 Å². The van der Waals surface area contributed by atoms with E-state index in [9.17, 15) is 22.7 Å². The van der Waals surface area contributed by atoms with E-state index >= 15 is 0 Å². The lowest BCUT2D eigenvalue weighted by molar-refractivity contribution is -0.138. The van der Waals surface area contributed by atoms with Crippen molar-refractivity contribution in [1.29, 1.82) is 0 Å². The largest absolute Gasteiger partial charge is 0.416 e. The smallest absolute Gasteiger partial charge is 0.394 e. The van der Waals surface area contributed by atoms with Gasteiger partial charge in [0.2, 0.25) is 0 Å². The van der Waals surface area contributed by atoms with E-state index in [1.165, 1.54) is 0 Å². The molecule has 0 spiro atoms. The number of alkyl halides is 3. The highest BCUT2D eigenvalue weighted by atomic mass is 19.4. The summed E-state index contributed by atoms with van der Waals surface area (Å²) in [6.07, 6.45) is -4.58. The molecule has 0 bridgehead atoms. The third-order valence-electron chi connectivity index (χ3n) is 5.39. The van der Waals surface area contributed by atoms with Gasteiger partial charge >= 0.3 is 6.18 Å². The first kappa shape index (κ1) is 18.3. The molecule has 7 heteroatoms. The number of ether oxygens (including phenoxy) is 1. The molecule has 27 heavy (non-hydrogen) atoms. The molecule has 1 fully saturated rings. The van der Waals surface area contributed by atoms with Crippen LogP contribution in [0.15, 0.2) is 42.5 Å². The topological polar surface area (TPSA) is 41.5 Å². The van der Waals surface area contributed by atoms with E-state index in [0.29, 0.717) is 18.9 Å². The molecule has 2 aromatic rings. The number of hydrogen-bond donors (Lipinski definition) is 2. The number of anilines is 1. The van der Waals surface area contributed by atoms with Crippen molar-refractivity contribution in [3.8, 4) is 0 Å². The quantitative estimate of drug-likeness (QED) is 0.732. The Morgan fingerprint density at radius 1 is 1.11 bits per heavy atom. The summed E-state index contributed by atoms with van der Waals surface area (Å²) in [5.74, 6) is -1.11. The average molecular weight is 381 g/mol. The van der Waals surface area contributed by atoms with Gasteiger partial charge in [0.25, 0.3) is 0 Å². The van der Waals surface area contributed by atoms with Crippen molar-refractivity contribution in [3.05, 3.63) is 65.0 Å². The van der Waals surface area contributed by atoms with Gasteiger partial charge in [0, 0.05) is 11.5 Å². The molecule has 2 aliphatic heterocycles. The van der Waals surface area contributed by atoms with E-state index < -0.39 is 29.8 Å². The Kier molecular flexibility index (Phi) is 4.60. The Labute approximate surface area is 154 Å². The van der Waals surface area contributed by atoms with Crippen molar-refractivity contribution in [1.82, 2.24) is 0 Å². The second-order valence-electron chi connectivity index (χ2n) is 7.06. The van der Waals surface area contributed by atoms with Gasteiger partial charge in [0.15, 0.2) is 0 Å². The van der Waals surface area contributed by atoms with Crippen molar-refractivity contribution in [3.63, 3.8) is 0 Å². The van der Waals surface area contributed by atoms with Gasteiger partial charge in [-0.05, 0) is 30.5 Å². The average Bonchev–Trinajstić information content (AvgIpc) is 2.67. The SMILES string of the molecule is OC[C@@H]1CC[C@@H]2[C@@H](c3ccccc3)Nc3c(F)cc(C(F)(F)F)cc3[C@@H]2O1. The Bertz CT molecular complexity index is 825. The Balaban J connectivity index is 1.82. The standard InChI is InChI=1S/C20H19F4NO2/c21-16-9-12(20(22,23)24)8-15-18(16)25-17(11-4-2-1-3-5-11)14-7-6-13(10-26)27-19(14)15/h1-5,8-9,13-14,17,19,25-26H,6-7,10H2/t13-,14+,17+,19+/m0/s1. The van der Waals surface area contributed by atoms with Crippen molar-refractivity contribution >= 4 is 5.69 Å². The highest BCUT2D eigenvalue weighted by Gasteiger charge is 2.44. The molecule has 0 unspecified atom stereocenters. The number of benzene rings is 2. The fraction of sp³-hybridized carbons (Fsp3) is 0.400. The van der Waals surface area contributed by atoms with Gasteiger partial charge in [-0.25, -0.2) is 4.39 Å². The van der Waals surface area contributed by atoms with Gasteiger partial charge in [0.05, 0.1) is 36.1 Å². The van der Waals surface area contributed by atoms with E-state index in [1.54, 1.807) is 0 Å². The number of rotatable bonds is 2. The maximum Gasteiger partial charge on any atom is 0.416 e. The molecule has 0 aromatic heterocycles. The first-order chi connectivity index (χ1) is 12.9. The normalized spacial score (nSPS) is 27.4. The number of fused-ring (bicyclic) bond motifs is 3. The Morgan fingerprint density at radius 3 is 2.52 bits per heavy atom. The molecule has 2 N–H and O–H groups in total. The molecule has 0 radical (unpaired) electrons. The zero-order valence-corrected chi connectivity index (χ0v) is 14.3. The maximum absolute atomic E-state index is 14.6. The molecule has 144 valence electrons. The lowest BCUT2D eigenvalue weighted by Crippen LogP contribution is -2.40. The summed E-state index contributed by atoms with van der Waals surface area (Å²) in [7, 11) is 0. The summed E-state index contributed by atoms with van der Waals surface area (Å²) in [6, 6.07) is 10.6. The molecule has 4 rings (SSSR count). The molecule has 0 amide bonds. The number of aliphatic hydroxyl groups excluding tert-OH is 1. The molecule has 2 heterocycles. The number of halogens is 4. The van der Waals surface area contributed by atoms with Crippen LogP contribution in [-0.4, -0.2) is 17.8 Å². The molecule has 4 atom stereocenters. The van der Waals surface area contributed by atoms with Crippen molar-refractivity contribution in [2.75, 3.05) is 11.9 Å². The van der Waals surface area contributed by atoms with Gasteiger partial charge in [0.1, 0.15) is 5.82 Å². The highest BCUT2D eigenvalue weighted by Crippen LogP contribution is 2.51. The number of aliphatic hydroxyl groups is 1. The fourth-order valence-corrected chi connectivity index (χ4v) is 4.11. The van der Waals surface area contributed by atoms with Crippen LogP contribution in [0.25, 0.3) is 0 Å². The van der Waals surface area contributed by atoms with Crippen LogP contribution in [0, 0.1) is 11.7 Å². The predicted octanol–water partition coefficient (Wildman–Crippen LogP) is 4.84. The summed E-state index contributed by atoms with van der Waals surface area (Å²) in [5, 5.41) is 12.6. The first-order valence-corrected chi connectivity index (χ1v) is 8.87. The lowest BCUT2D eigenvalue weighted by Gasteiger charge is -2.45. The van der Waals surface area contributed by atoms with Crippen LogP contribution in [0.2, 0.25) is 0 Å². The van der Waals surface area contributed by atoms with E-state index in [-0.39, 0.29) is 29.8 Å². The van der Waals surface area contributed by atoms with Gasteiger partial charge in [-0.2, -0.15) is 13.2 Å². The summed E-state index contributed by atoms with van der Waals surface area (Å²) < 4.78 is 60.1. The van der Waals surface area contributed by atoms with Crippen LogP contribution in [0.3, 0.4) is 0 Å². The van der Waals surface area contributed by atoms with Gasteiger partial charge in [-0.3, -0.25) is 0 Å². The summed E-state index contributed by atoms with van der Waals surface area (Å²) in [6.45, 7) is -0.219. The summed E-state index contributed by atoms with van der Waals surface area (Å²) >= 11 is 0. The molecule has 3 nitrogen and oxygen atoms in total. The molecule has 2 aromatic carbocycles. The fourth-order valence-electron chi connectivity index (χ4n) is 4.11. The van der Waals surface area contributed by atoms with Crippen LogP contribution in [0.5, 0.6) is 0 Å². The Morgan fingerprint density at radius 2 is 1.85 bits per heavy atom. The molecular formula is C20H19F4NO2. The second-order valence-corrected chi connectivity index (χ2v) is 7.06. The minimum Gasteiger partial charge on any atom is -0.394 e. The zero-order chi connectivity index (χ0) is 19.2. The van der Waals surface area contributed by atoms with E-state index in [1.807, 2.05) is 30.3 Å². The molecular weight excluding hydrogens is 362 g/mol. The lowest BCUT2D eigenvalue weighted by atomic mass is 9.76. The summed E-state index contributed by atoms with van der Waals surface area (Å²) in [4.78, 5) is 0. The molecule has 0 saturated carbocycles. The number of hydrogen-bond acceptors (Lipinski definition) is 3. The Hall–Kier alpha value is -2.12.